The second-order valence-electron chi connectivity index (χ2n) is 8.50. The molecular weight excluding hydrogens is 392 g/mol. The largest absolute Gasteiger partial charge is 0.748 e. The summed E-state index contributed by atoms with van der Waals surface area (Å²) in [7, 11) is -4.12. The molecule has 1 heterocycles. The van der Waals surface area contributed by atoms with E-state index in [1.165, 1.54) is 64.2 Å². The first-order valence-electron chi connectivity index (χ1n) is 11.7. The fourth-order valence-corrected chi connectivity index (χ4v) is 4.17. The second kappa shape index (κ2) is 15.6. The predicted molar refractivity (Wildman–Crippen MR) is 115 cm³/mol. The number of rotatable bonds is 18. The van der Waals surface area contributed by atoms with Crippen molar-refractivity contribution < 1.29 is 27.2 Å². The van der Waals surface area contributed by atoms with Crippen LogP contribution in [-0.2, 0) is 24.3 Å². The Kier molecular flexibility index (Phi) is 14.4. The molecule has 0 atom stereocenters. The zero-order valence-electron chi connectivity index (χ0n) is 18.7. The molecule has 0 aromatic rings. The Labute approximate surface area is 178 Å². The molecule has 1 fully saturated rings. The van der Waals surface area contributed by atoms with Crippen molar-refractivity contribution in [3.05, 3.63) is 0 Å². The van der Waals surface area contributed by atoms with Gasteiger partial charge in [-0.1, -0.05) is 71.1 Å². The van der Waals surface area contributed by atoms with Crippen LogP contribution in [0.4, 0.5) is 0 Å². The highest BCUT2D eigenvalue weighted by atomic mass is 32.2. The first-order valence-corrected chi connectivity index (χ1v) is 13.3. The zero-order chi connectivity index (χ0) is 21.4. The van der Waals surface area contributed by atoms with Gasteiger partial charge in [0.1, 0.15) is 6.10 Å². The van der Waals surface area contributed by atoms with E-state index in [4.69, 9.17) is 14.2 Å². The molecule has 7 heteroatoms. The third-order valence-electron chi connectivity index (χ3n) is 5.53. The fraction of sp³-hybridized carbons (Fsp3) is 1.00. The number of unbranched alkanes of at least 4 members (excludes halogenated alkanes) is 11. The van der Waals surface area contributed by atoms with Crippen molar-refractivity contribution in [3.8, 4) is 0 Å². The molecule has 0 radical (unpaired) electrons. The predicted octanol–water partition coefficient (Wildman–Crippen LogP) is 5.16. The zero-order valence-corrected chi connectivity index (χ0v) is 19.5. The molecule has 0 amide bonds. The molecule has 1 saturated heterocycles. The second-order valence-corrected chi connectivity index (χ2v) is 10.0. The Hall–Kier alpha value is -0.210. The summed E-state index contributed by atoms with van der Waals surface area (Å²) in [6, 6.07) is 0. The van der Waals surface area contributed by atoms with Crippen LogP contribution in [0.2, 0.25) is 0 Å². The van der Waals surface area contributed by atoms with E-state index in [9.17, 15) is 13.0 Å². The van der Waals surface area contributed by atoms with Crippen molar-refractivity contribution in [1.29, 1.82) is 0 Å². The minimum Gasteiger partial charge on any atom is -0.748 e. The molecular formula is C22H43O6S-. The van der Waals surface area contributed by atoms with Crippen LogP contribution in [0.5, 0.6) is 0 Å². The quantitative estimate of drug-likeness (QED) is 0.218. The topological polar surface area (TPSA) is 84.9 Å². The van der Waals surface area contributed by atoms with Gasteiger partial charge in [-0.25, -0.2) is 8.42 Å². The minimum absolute atomic E-state index is 0.121. The normalized spacial score (nSPS) is 22.8. The molecule has 0 unspecified atom stereocenters. The molecule has 0 spiro atoms. The van der Waals surface area contributed by atoms with Gasteiger partial charge in [-0.15, -0.1) is 0 Å². The van der Waals surface area contributed by atoms with Gasteiger partial charge in [0.25, 0.3) is 0 Å². The monoisotopic (exact) mass is 435 g/mol. The molecule has 0 N–H and O–H groups in total. The maximum absolute atomic E-state index is 10.5. The van der Waals surface area contributed by atoms with Crippen LogP contribution in [0.1, 0.15) is 104 Å². The van der Waals surface area contributed by atoms with E-state index in [1.807, 2.05) is 6.92 Å². The van der Waals surface area contributed by atoms with E-state index < -0.39 is 15.9 Å². The van der Waals surface area contributed by atoms with Crippen LogP contribution >= 0.6 is 0 Å². The Morgan fingerprint density at radius 2 is 1.38 bits per heavy atom. The molecule has 0 aromatic heterocycles. The molecule has 1 rings (SSSR count). The first-order chi connectivity index (χ1) is 13.8. The van der Waals surface area contributed by atoms with Gasteiger partial charge in [-0.3, -0.25) is 0 Å². The van der Waals surface area contributed by atoms with Crippen LogP contribution in [0.3, 0.4) is 0 Å². The summed E-state index contributed by atoms with van der Waals surface area (Å²) in [6.45, 7) is 5.66. The molecule has 0 aliphatic carbocycles. The van der Waals surface area contributed by atoms with Crippen LogP contribution < -0.4 is 0 Å². The maximum atomic E-state index is 10.5. The molecule has 0 saturated carbocycles. The molecule has 174 valence electrons. The first kappa shape index (κ1) is 26.8. The summed E-state index contributed by atoms with van der Waals surface area (Å²) >= 11 is 0. The average molecular weight is 436 g/mol. The standard InChI is InChI=1S/C22H44O6S/c1-3-4-5-6-7-8-9-10-11-12-13-16-22(2)27-19-21(20-28-22)26-17-14-15-18-29(23,24)25/h21H,3-20H2,1-2H3,(H,23,24,25)/p-1. The van der Waals surface area contributed by atoms with Crippen LogP contribution in [0.15, 0.2) is 0 Å². The van der Waals surface area contributed by atoms with Gasteiger partial charge in [0.05, 0.1) is 23.3 Å². The van der Waals surface area contributed by atoms with Crippen molar-refractivity contribution in [2.75, 3.05) is 25.6 Å². The average Bonchev–Trinajstić information content (AvgIpc) is 2.66. The molecule has 29 heavy (non-hydrogen) atoms. The van der Waals surface area contributed by atoms with Gasteiger partial charge in [0.15, 0.2) is 5.79 Å². The van der Waals surface area contributed by atoms with Crippen molar-refractivity contribution in [2.24, 2.45) is 0 Å². The highest BCUT2D eigenvalue weighted by molar-refractivity contribution is 7.85. The van der Waals surface area contributed by atoms with Crippen LogP contribution in [0, 0.1) is 0 Å². The smallest absolute Gasteiger partial charge is 0.165 e. The lowest BCUT2D eigenvalue weighted by Gasteiger charge is -2.37. The van der Waals surface area contributed by atoms with E-state index in [0.29, 0.717) is 32.7 Å². The van der Waals surface area contributed by atoms with Crippen molar-refractivity contribution in [3.63, 3.8) is 0 Å². The van der Waals surface area contributed by atoms with Gasteiger partial charge in [0, 0.05) is 18.8 Å². The van der Waals surface area contributed by atoms with E-state index in [2.05, 4.69) is 6.92 Å². The highest BCUT2D eigenvalue weighted by Gasteiger charge is 2.32. The highest BCUT2D eigenvalue weighted by Crippen LogP contribution is 2.26. The number of ether oxygens (including phenoxy) is 3. The maximum Gasteiger partial charge on any atom is 0.165 e. The van der Waals surface area contributed by atoms with Gasteiger partial charge in [-0.2, -0.15) is 0 Å². The van der Waals surface area contributed by atoms with E-state index in [-0.39, 0.29) is 11.9 Å². The van der Waals surface area contributed by atoms with Gasteiger partial charge in [0.2, 0.25) is 0 Å². The third-order valence-corrected chi connectivity index (χ3v) is 6.31. The summed E-state index contributed by atoms with van der Waals surface area (Å²) in [6.07, 6.45) is 16.2. The van der Waals surface area contributed by atoms with E-state index in [1.54, 1.807) is 0 Å². The Balaban J connectivity index is 1.95. The van der Waals surface area contributed by atoms with E-state index in [0.717, 1.165) is 12.8 Å². The Bertz CT molecular complexity index is 486. The molecule has 0 aromatic carbocycles. The van der Waals surface area contributed by atoms with Crippen molar-refractivity contribution in [1.82, 2.24) is 0 Å². The lowest BCUT2D eigenvalue weighted by atomic mass is 10.0. The summed E-state index contributed by atoms with van der Waals surface area (Å²) in [5, 5.41) is 0. The van der Waals surface area contributed by atoms with Gasteiger partial charge < -0.3 is 18.8 Å². The summed E-state index contributed by atoms with van der Waals surface area (Å²) < 4.78 is 49.1. The summed E-state index contributed by atoms with van der Waals surface area (Å²) in [5.74, 6) is -0.846. The minimum atomic E-state index is -4.12. The lowest BCUT2D eigenvalue weighted by Crippen LogP contribution is -2.45. The molecule has 6 nitrogen and oxygen atoms in total. The number of hydrogen-bond acceptors (Lipinski definition) is 6. The van der Waals surface area contributed by atoms with Crippen molar-refractivity contribution >= 4 is 10.1 Å². The van der Waals surface area contributed by atoms with Crippen LogP contribution in [0.25, 0.3) is 0 Å². The summed E-state index contributed by atoms with van der Waals surface area (Å²) in [5.41, 5.74) is 0. The lowest BCUT2D eigenvalue weighted by molar-refractivity contribution is -0.291. The fourth-order valence-electron chi connectivity index (χ4n) is 3.61. The molecule has 0 bridgehead atoms. The Morgan fingerprint density at radius 1 is 0.862 bits per heavy atom. The molecule has 1 aliphatic rings. The van der Waals surface area contributed by atoms with Crippen molar-refractivity contribution in [2.45, 2.75) is 116 Å². The van der Waals surface area contributed by atoms with Crippen LogP contribution in [-0.4, -0.2) is 50.4 Å². The summed E-state index contributed by atoms with van der Waals surface area (Å²) in [4.78, 5) is 0. The van der Waals surface area contributed by atoms with Gasteiger partial charge in [-0.05, 0) is 26.2 Å². The third kappa shape index (κ3) is 15.3. The SMILES string of the molecule is CCCCCCCCCCCCCC1(C)OCC(OCCCCS(=O)(=O)[O-])CO1. The molecule has 1 aliphatic heterocycles. The Morgan fingerprint density at radius 3 is 1.90 bits per heavy atom. The van der Waals surface area contributed by atoms with E-state index >= 15 is 0 Å². The number of hydrogen-bond donors (Lipinski definition) is 0. The van der Waals surface area contributed by atoms with Gasteiger partial charge >= 0.3 is 0 Å².